The van der Waals surface area contributed by atoms with Crippen LogP contribution in [0.5, 0.6) is 0 Å². The molecule has 0 aliphatic carbocycles. The SMILES string of the molecule is CC(=O)Nc1ccc(/C=C/C(=O)NCc2sccc2-c2cc(CO[Si](c3ccccc3)c3ccccc3)c(C)c(C(C)(C)C)c2C)cn1. The quantitative estimate of drug-likeness (QED) is 0.114. The van der Waals surface area contributed by atoms with E-state index in [4.69, 9.17) is 4.43 Å². The summed E-state index contributed by atoms with van der Waals surface area (Å²) in [6.45, 7) is 13.6. The molecule has 0 bridgehead atoms. The van der Waals surface area contributed by atoms with E-state index in [0.717, 1.165) is 16.0 Å². The Balaban J connectivity index is 1.39. The summed E-state index contributed by atoms with van der Waals surface area (Å²) in [5.74, 6) is 0.0970. The molecule has 2 heterocycles. The molecule has 0 saturated carbocycles. The van der Waals surface area contributed by atoms with Crippen molar-refractivity contribution in [3.8, 4) is 11.1 Å². The van der Waals surface area contributed by atoms with Crippen LogP contribution in [0, 0.1) is 13.8 Å². The van der Waals surface area contributed by atoms with Crippen molar-refractivity contribution in [2.24, 2.45) is 0 Å². The van der Waals surface area contributed by atoms with Gasteiger partial charge in [-0.3, -0.25) is 9.59 Å². The monoisotopic (exact) mass is 672 g/mol. The van der Waals surface area contributed by atoms with Crippen molar-refractivity contribution >= 4 is 54.5 Å². The average Bonchev–Trinajstić information content (AvgIpc) is 3.53. The summed E-state index contributed by atoms with van der Waals surface area (Å²) in [5, 5.41) is 10.2. The Bertz CT molecular complexity index is 1860. The Hall–Kier alpha value is -4.63. The van der Waals surface area contributed by atoms with E-state index in [2.05, 4.69) is 116 Å². The zero-order valence-electron chi connectivity index (χ0n) is 28.4. The molecule has 5 rings (SSSR count). The van der Waals surface area contributed by atoms with Gasteiger partial charge in [0.25, 0.3) is 9.04 Å². The van der Waals surface area contributed by atoms with Gasteiger partial charge in [0, 0.05) is 24.1 Å². The zero-order chi connectivity index (χ0) is 34.3. The standard InChI is InChI=1S/C40H42N3O3SSi/c1-27-31(26-46-48(32-13-9-7-10-14-32)33-15-11-8-12-16-33)23-35(28(2)39(27)40(4,5)6)34-21-22-47-36(34)25-42-38(45)20-18-30-17-19-37(41-24-30)43-29(3)44/h7-24H,25-26H2,1-6H3,(H,42,45)(H,41,43,44)/b20-18+. The molecule has 0 atom stereocenters. The van der Waals surface area contributed by atoms with Crippen molar-refractivity contribution in [2.75, 3.05) is 5.32 Å². The largest absolute Gasteiger partial charge is 0.403 e. The number of hydrogen-bond donors (Lipinski definition) is 2. The first kappa shape index (κ1) is 34.7. The van der Waals surface area contributed by atoms with E-state index in [1.54, 1.807) is 35.7 Å². The molecule has 2 amide bonds. The summed E-state index contributed by atoms with van der Waals surface area (Å²) < 4.78 is 6.87. The summed E-state index contributed by atoms with van der Waals surface area (Å²) in [7, 11) is -1.47. The molecule has 2 N–H and O–H groups in total. The molecule has 0 aliphatic heterocycles. The van der Waals surface area contributed by atoms with Crippen molar-refractivity contribution in [1.82, 2.24) is 10.3 Å². The fourth-order valence-electron chi connectivity index (χ4n) is 6.06. The van der Waals surface area contributed by atoms with Crippen molar-refractivity contribution in [2.45, 2.75) is 60.1 Å². The number of carbonyl (C=O) groups is 2. The molecule has 8 heteroatoms. The summed E-state index contributed by atoms with van der Waals surface area (Å²) in [5.41, 5.74) is 8.01. The zero-order valence-corrected chi connectivity index (χ0v) is 30.2. The molecule has 0 spiro atoms. The van der Waals surface area contributed by atoms with Gasteiger partial charge in [-0.1, -0.05) is 81.4 Å². The smallest absolute Gasteiger partial charge is 0.283 e. The van der Waals surface area contributed by atoms with Crippen LogP contribution in [0.2, 0.25) is 0 Å². The van der Waals surface area contributed by atoms with Crippen LogP contribution in [0.25, 0.3) is 17.2 Å². The van der Waals surface area contributed by atoms with Crippen molar-refractivity contribution in [3.63, 3.8) is 0 Å². The highest BCUT2D eigenvalue weighted by atomic mass is 32.1. The lowest BCUT2D eigenvalue weighted by Crippen LogP contribution is -2.44. The van der Waals surface area contributed by atoms with E-state index in [-0.39, 0.29) is 17.2 Å². The predicted molar refractivity (Wildman–Crippen MR) is 200 cm³/mol. The number of anilines is 1. The van der Waals surface area contributed by atoms with E-state index < -0.39 is 9.04 Å². The van der Waals surface area contributed by atoms with E-state index in [1.165, 1.54) is 51.2 Å². The highest BCUT2D eigenvalue weighted by Crippen LogP contribution is 2.39. The van der Waals surface area contributed by atoms with Crippen LogP contribution in [0.3, 0.4) is 0 Å². The molecule has 0 fully saturated rings. The van der Waals surface area contributed by atoms with E-state index in [0.29, 0.717) is 19.0 Å². The Kier molecular flexibility index (Phi) is 11.2. The third-order valence-electron chi connectivity index (χ3n) is 8.12. The van der Waals surface area contributed by atoms with Gasteiger partial charge in [-0.25, -0.2) is 4.98 Å². The highest BCUT2D eigenvalue weighted by Gasteiger charge is 2.26. The van der Waals surface area contributed by atoms with Crippen LogP contribution < -0.4 is 21.0 Å². The summed E-state index contributed by atoms with van der Waals surface area (Å²) in [6.07, 6.45) is 4.83. The number of benzene rings is 3. The van der Waals surface area contributed by atoms with Gasteiger partial charge in [-0.05, 0) is 104 Å². The number of rotatable bonds is 11. The molecular formula is C40H42N3O3SSi. The van der Waals surface area contributed by atoms with Gasteiger partial charge in [-0.2, -0.15) is 0 Å². The predicted octanol–water partition coefficient (Wildman–Crippen LogP) is 7.33. The second-order valence-electron chi connectivity index (χ2n) is 12.8. The second kappa shape index (κ2) is 15.5. The number of hydrogen-bond acceptors (Lipinski definition) is 5. The maximum absolute atomic E-state index is 12.8. The minimum atomic E-state index is -1.47. The van der Waals surface area contributed by atoms with Gasteiger partial charge in [0.2, 0.25) is 11.8 Å². The van der Waals surface area contributed by atoms with Gasteiger partial charge >= 0.3 is 0 Å². The minimum Gasteiger partial charge on any atom is -0.403 e. The number of thiophene rings is 1. The highest BCUT2D eigenvalue weighted by molar-refractivity contribution is 7.10. The van der Waals surface area contributed by atoms with Gasteiger partial charge in [0.05, 0.1) is 13.2 Å². The molecule has 0 aliphatic rings. The van der Waals surface area contributed by atoms with Crippen LogP contribution in [0.15, 0.2) is 103 Å². The Morgan fingerprint density at radius 3 is 2.15 bits per heavy atom. The fraction of sp³-hybridized carbons (Fsp3) is 0.225. The van der Waals surface area contributed by atoms with Crippen LogP contribution in [0.1, 0.15) is 60.4 Å². The first-order chi connectivity index (χ1) is 23.0. The van der Waals surface area contributed by atoms with Crippen LogP contribution in [0.4, 0.5) is 5.82 Å². The van der Waals surface area contributed by atoms with Crippen molar-refractivity contribution in [1.29, 1.82) is 0 Å². The first-order valence-electron chi connectivity index (χ1n) is 16.0. The van der Waals surface area contributed by atoms with Gasteiger partial charge < -0.3 is 15.1 Å². The average molecular weight is 673 g/mol. The van der Waals surface area contributed by atoms with Gasteiger partial charge in [-0.15, -0.1) is 11.3 Å². The van der Waals surface area contributed by atoms with Gasteiger partial charge in [0.15, 0.2) is 0 Å². The van der Waals surface area contributed by atoms with Crippen LogP contribution in [-0.2, 0) is 32.6 Å². The molecular weight excluding hydrogens is 631 g/mol. The molecule has 5 aromatic rings. The molecule has 2 aromatic heterocycles. The summed E-state index contributed by atoms with van der Waals surface area (Å²) >= 11 is 1.64. The summed E-state index contributed by atoms with van der Waals surface area (Å²) in [4.78, 5) is 29.4. The van der Waals surface area contributed by atoms with Crippen LogP contribution in [-0.4, -0.2) is 25.8 Å². The summed E-state index contributed by atoms with van der Waals surface area (Å²) in [6, 6.07) is 29.0. The number of carbonyl (C=O) groups excluding carboxylic acids is 2. The molecule has 3 aromatic carbocycles. The number of nitrogens with zero attached hydrogens (tertiary/aromatic N) is 1. The topological polar surface area (TPSA) is 80.3 Å². The van der Waals surface area contributed by atoms with Crippen molar-refractivity contribution < 1.29 is 14.0 Å². The molecule has 48 heavy (non-hydrogen) atoms. The molecule has 0 saturated heterocycles. The fourth-order valence-corrected chi connectivity index (χ4v) is 8.84. The molecule has 245 valence electrons. The van der Waals surface area contributed by atoms with E-state index in [1.807, 2.05) is 12.1 Å². The lowest BCUT2D eigenvalue weighted by molar-refractivity contribution is -0.116. The third kappa shape index (κ3) is 8.63. The normalized spacial score (nSPS) is 11.6. The maximum atomic E-state index is 12.8. The number of pyridine rings is 1. The lowest BCUT2D eigenvalue weighted by Gasteiger charge is -2.29. The lowest BCUT2D eigenvalue weighted by atomic mass is 9.77. The number of amides is 2. The van der Waals surface area contributed by atoms with Crippen molar-refractivity contribution in [3.05, 3.63) is 135 Å². The number of aromatic nitrogens is 1. The van der Waals surface area contributed by atoms with Gasteiger partial charge in [0.1, 0.15) is 5.82 Å². The first-order valence-corrected chi connectivity index (χ1v) is 18.3. The van der Waals surface area contributed by atoms with Crippen LogP contribution >= 0.6 is 11.3 Å². The molecule has 0 unspecified atom stereocenters. The Morgan fingerprint density at radius 2 is 1.56 bits per heavy atom. The molecule has 1 radical (unpaired) electrons. The maximum Gasteiger partial charge on any atom is 0.283 e. The van der Waals surface area contributed by atoms with E-state index >= 15 is 0 Å². The van der Waals surface area contributed by atoms with E-state index in [9.17, 15) is 9.59 Å². The Morgan fingerprint density at radius 1 is 0.896 bits per heavy atom. The molecule has 6 nitrogen and oxygen atoms in total. The minimum absolute atomic E-state index is 0.0735. The second-order valence-corrected chi connectivity index (χ2v) is 15.9. The number of nitrogens with one attached hydrogen (secondary N) is 2. The Labute approximate surface area is 289 Å². The third-order valence-corrected chi connectivity index (χ3v) is 11.2.